The fourth-order valence-electron chi connectivity index (χ4n) is 2.74. The van der Waals surface area contributed by atoms with Gasteiger partial charge in [-0.15, -0.1) is 0 Å². The van der Waals surface area contributed by atoms with Crippen molar-refractivity contribution in [3.63, 3.8) is 0 Å². The first kappa shape index (κ1) is 18.2. The molecule has 0 radical (unpaired) electrons. The Kier molecular flexibility index (Phi) is 5.48. The number of hydrogen-bond donors (Lipinski definition) is 0. The van der Waals surface area contributed by atoms with Crippen molar-refractivity contribution in [1.82, 2.24) is 0 Å². The molecule has 0 N–H and O–H groups in total. The highest BCUT2D eigenvalue weighted by Gasteiger charge is 2.16. The molecule has 4 nitrogen and oxygen atoms in total. The van der Waals surface area contributed by atoms with Crippen molar-refractivity contribution in [3.8, 4) is 22.9 Å². The van der Waals surface area contributed by atoms with Crippen LogP contribution in [0.25, 0.3) is 11.1 Å². The first-order chi connectivity index (χ1) is 13.1. The average Bonchev–Trinajstić information content (AvgIpc) is 2.72. The van der Waals surface area contributed by atoms with Crippen LogP contribution in [0, 0.1) is 17.1 Å². The third-order valence-corrected chi connectivity index (χ3v) is 4.07. The minimum absolute atomic E-state index is 0.0754. The maximum absolute atomic E-state index is 13.8. The Morgan fingerprint density at radius 1 is 1.04 bits per heavy atom. The van der Waals surface area contributed by atoms with Gasteiger partial charge < -0.3 is 9.47 Å². The first-order valence-corrected chi connectivity index (χ1v) is 8.22. The maximum Gasteiger partial charge on any atom is 0.339 e. The monoisotopic (exact) mass is 361 g/mol. The van der Waals surface area contributed by atoms with Gasteiger partial charge in [0, 0.05) is 5.56 Å². The third-order valence-electron chi connectivity index (χ3n) is 4.07. The van der Waals surface area contributed by atoms with Gasteiger partial charge in [0.25, 0.3) is 0 Å². The molecule has 3 aromatic rings. The van der Waals surface area contributed by atoms with E-state index in [0.717, 1.165) is 0 Å². The molecule has 0 aliphatic rings. The molecule has 0 saturated carbocycles. The van der Waals surface area contributed by atoms with Crippen molar-refractivity contribution >= 4 is 5.97 Å². The number of halogens is 1. The van der Waals surface area contributed by atoms with Crippen LogP contribution in [0.3, 0.4) is 0 Å². The molecule has 0 heterocycles. The van der Waals surface area contributed by atoms with Crippen LogP contribution in [0.1, 0.15) is 21.5 Å². The van der Waals surface area contributed by atoms with Crippen molar-refractivity contribution in [3.05, 3.63) is 89.2 Å². The summed E-state index contributed by atoms with van der Waals surface area (Å²) in [5, 5.41) is 9.32. The molecule has 3 aromatic carbocycles. The van der Waals surface area contributed by atoms with Gasteiger partial charge in [0.05, 0.1) is 24.3 Å². The number of rotatable bonds is 5. The predicted molar refractivity (Wildman–Crippen MR) is 98.7 cm³/mol. The second-order valence-corrected chi connectivity index (χ2v) is 5.75. The van der Waals surface area contributed by atoms with Crippen molar-refractivity contribution in [2.24, 2.45) is 0 Å². The Hall–Kier alpha value is -3.65. The number of carbonyl (C=O) groups excluding carboxylic acids is 1. The van der Waals surface area contributed by atoms with E-state index < -0.39 is 11.8 Å². The Morgan fingerprint density at radius 3 is 2.44 bits per heavy atom. The number of methoxy groups -OCH3 is 1. The Balaban J connectivity index is 1.84. The summed E-state index contributed by atoms with van der Waals surface area (Å²) in [7, 11) is 1.38. The van der Waals surface area contributed by atoms with E-state index in [-0.39, 0.29) is 12.4 Å². The molecular weight excluding hydrogens is 345 g/mol. The standard InChI is InChI=1S/C22H16FNO3/c1-26-21-11-10-15(12-20(21)23)14-27-22(25)19-9-5-4-8-18(19)17-7-3-2-6-16(17)13-24/h2-12H,14H2,1H3. The van der Waals surface area contributed by atoms with Crippen molar-refractivity contribution in [2.75, 3.05) is 7.11 Å². The minimum Gasteiger partial charge on any atom is -0.494 e. The second-order valence-electron chi connectivity index (χ2n) is 5.75. The summed E-state index contributed by atoms with van der Waals surface area (Å²) in [6.45, 7) is -0.0754. The van der Waals surface area contributed by atoms with Gasteiger partial charge in [-0.25, -0.2) is 9.18 Å². The number of benzene rings is 3. The Bertz CT molecular complexity index is 1020. The van der Waals surface area contributed by atoms with Crippen molar-refractivity contribution in [1.29, 1.82) is 5.26 Å². The van der Waals surface area contributed by atoms with Gasteiger partial charge in [-0.2, -0.15) is 5.26 Å². The summed E-state index contributed by atoms with van der Waals surface area (Å²) in [5.74, 6) is -0.938. The van der Waals surface area contributed by atoms with E-state index in [1.165, 1.54) is 19.2 Å². The largest absolute Gasteiger partial charge is 0.494 e. The number of carbonyl (C=O) groups is 1. The lowest BCUT2D eigenvalue weighted by Crippen LogP contribution is -2.07. The summed E-state index contributed by atoms with van der Waals surface area (Å²) in [4.78, 5) is 12.6. The van der Waals surface area contributed by atoms with Crippen LogP contribution in [0.4, 0.5) is 4.39 Å². The Morgan fingerprint density at radius 2 is 1.74 bits per heavy atom. The summed E-state index contributed by atoms with van der Waals surface area (Å²) in [6.07, 6.45) is 0. The minimum atomic E-state index is -0.547. The molecule has 0 atom stereocenters. The predicted octanol–water partition coefficient (Wildman–Crippen LogP) is 4.73. The van der Waals surface area contributed by atoms with E-state index in [2.05, 4.69) is 6.07 Å². The Labute approximate surface area is 156 Å². The molecule has 3 rings (SSSR count). The molecule has 0 aliphatic carbocycles. The molecule has 0 aromatic heterocycles. The zero-order valence-electron chi connectivity index (χ0n) is 14.6. The molecule has 0 saturated heterocycles. The van der Waals surface area contributed by atoms with Gasteiger partial charge in [-0.3, -0.25) is 0 Å². The summed E-state index contributed by atoms with van der Waals surface area (Å²) in [5.41, 5.74) is 2.59. The van der Waals surface area contributed by atoms with E-state index in [0.29, 0.717) is 27.8 Å². The van der Waals surface area contributed by atoms with Gasteiger partial charge >= 0.3 is 5.97 Å². The molecular formula is C22H16FNO3. The number of esters is 1. The van der Waals surface area contributed by atoms with Gasteiger partial charge in [0.2, 0.25) is 0 Å². The highest BCUT2D eigenvalue weighted by molar-refractivity contribution is 5.98. The lowest BCUT2D eigenvalue weighted by atomic mass is 9.96. The van der Waals surface area contributed by atoms with Crippen LogP contribution in [-0.4, -0.2) is 13.1 Å². The molecule has 0 amide bonds. The quantitative estimate of drug-likeness (QED) is 0.617. The third kappa shape index (κ3) is 3.96. The fourth-order valence-corrected chi connectivity index (χ4v) is 2.74. The fraction of sp³-hybridized carbons (Fsp3) is 0.0909. The van der Waals surface area contributed by atoms with Crippen LogP contribution in [0.5, 0.6) is 5.75 Å². The van der Waals surface area contributed by atoms with E-state index in [1.54, 1.807) is 54.6 Å². The normalized spacial score (nSPS) is 10.1. The average molecular weight is 361 g/mol. The molecule has 27 heavy (non-hydrogen) atoms. The van der Waals surface area contributed by atoms with Gasteiger partial charge in [0.15, 0.2) is 11.6 Å². The molecule has 0 aliphatic heterocycles. The number of nitrogens with zero attached hydrogens (tertiary/aromatic N) is 1. The smallest absolute Gasteiger partial charge is 0.339 e. The summed E-state index contributed by atoms with van der Waals surface area (Å²) < 4.78 is 24.0. The molecule has 134 valence electrons. The van der Waals surface area contributed by atoms with Crippen LogP contribution in [0.15, 0.2) is 66.7 Å². The van der Waals surface area contributed by atoms with Crippen molar-refractivity contribution < 1.29 is 18.7 Å². The first-order valence-electron chi connectivity index (χ1n) is 8.22. The highest BCUT2D eigenvalue weighted by Crippen LogP contribution is 2.27. The molecule has 0 unspecified atom stereocenters. The van der Waals surface area contributed by atoms with Crippen LogP contribution in [0.2, 0.25) is 0 Å². The van der Waals surface area contributed by atoms with Crippen molar-refractivity contribution in [2.45, 2.75) is 6.61 Å². The molecule has 0 spiro atoms. The van der Waals surface area contributed by atoms with E-state index >= 15 is 0 Å². The van der Waals surface area contributed by atoms with Crippen LogP contribution >= 0.6 is 0 Å². The van der Waals surface area contributed by atoms with Gasteiger partial charge in [-0.1, -0.05) is 42.5 Å². The number of nitriles is 1. The lowest BCUT2D eigenvalue weighted by Gasteiger charge is -2.11. The number of ether oxygens (including phenoxy) is 2. The van der Waals surface area contributed by atoms with Crippen LogP contribution < -0.4 is 4.74 Å². The zero-order chi connectivity index (χ0) is 19.2. The van der Waals surface area contributed by atoms with Crippen LogP contribution in [-0.2, 0) is 11.3 Å². The zero-order valence-corrected chi connectivity index (χ0v) is 14.6. The van der Waals surface area contributed by atoms with E-state index in [9.17, 15) is 14.4 Å². The maximum atomic E-state index is 13.8. The van der Waals surface area contributed by atoms with E-state index in [1.807, 2.05) is 0 Å². The van der Waals surface area contributed by atoms with Gasteiger partial charge in [-0.05, 0) is 35.4 Å². The molecule has 0 fully saturated rings. The van der Waals surface area contributed by atoms with E-state index in [4.69, 9.17) is 9.47 Å². The summed E-state index contributed by atoms with van der Waals surface area (Å²) >= 11 is 0. The highest BCUT2D eigenvalue weighted by atomic mass is 19.1. The number of hydrogen-bond acceptors (Lipinski definition) is 4. The summed E-state index contributed by atoms with van der Waals surface area (Å²) in [6, 6.07) is 20.5. The second kappa shape index (κ2) is 8.15. The lowest BCUT2D eigenvalue weighted by molar-refractivity contribution is 0.0473. The molecule has 5 heteroatoms. The molecule has 0 bridgehead atoms. The van der Waals surface area contributed by atoms with Gasteiger partial charge in [0.1, 0.15) is 6.61 Å². The SMILES string of the molecule is COc1ccc(COC(=O)c2ccccc2-c2ccccc2C#N)cc1F. The topological polar surface area (TPSA) is 59.3 Å².